The summed E-state index contributed by atoms with van der Waals surface area (Å²) in [6.07, 6.45) is -2.28. The smallest absolute Gasteiger partial charge is 0.413 e. The van der Waals surface area contributed by atoms with E-state index in [-0.39, 0.29) is 11.3 Å². The minimum atomic E-state index is -1.29. The number of nitrogens with zero attached hydrogens (tertiary/aromatic N) is 2. The summed E-state index contributed by atoms with van der Waals surface area (Å²) in [6.45, 7) is 1.25. The van der Waals surface area contributed by atoms with Crippen molar-refractivity contribution < 1.29 is 28.8 Å². The number of carbonyl (C=O) groups excluding carboxylic acids is 3. The highest BCUT2D eigenvalue weighted by atomic mass is 16.6. The maximum Gasteiger partial charge on any atom is 0.413 e. The number of nitro groups is 1. The zero-order chi connectivity index (χ0) is 18.4. The van der Waals surface area contributed by atoms with Gasteiger partial charge in [0.05, 0.1) is 17.6 Å². The van der Waals surface area contributed by atoms with Gasteiger partial charge in [-0.1, -0.05) is 0 Å². The lowest BCUT2D eigenvalue weighted by atomic mass is 10.1. The number of alkyl carbamates (subject to hydrolysis) is 1. The summed E-state index contributed by atoms with van der Waals surface area (Å²) in [5, 5.41) is 12.9. The van der Waals surface area contributed by atoms with Crippen molar-refractivity contribution in [3.63, 3.8) is 0 Å². The van der Waals surface area contributed by atoms with Crippen molar-refractivity contribution in [2.75, 3.05) is 26.1 Å². The zero-order valence-corrected chi connectivity index (χ0v) is 13.6. The molecule has 0 saturated carbocycles. The van der Waals surface area contributed by atoms with Crippen molar-refractivity contribution in [2.24, 2.45) is 0 Å². The molecule has 1 aromatic carbocycles. The molecule has 0 fully saturated rings. The fraction of sp³-hybridized carbons (Fsp3) is 0.357. The number of carbonyl (C=O) groups is 3. The number of benzene rings is 1. The monoisotopic (exact) mass is 339 g/mol. The second-order valence-corrected chi connectivity index (χ2v) is 4.88. The number of methoxy groups -OCH3 is 1. The largest absolute Gasteiger partial charge is 0.453 e. The van der Waals surface area contributed by atoms with Crippen LogP contribution in [-0.4, -0.2) is 50.2 Å². The van der Waals surface area contributed by atoms with Crippen LogP contribution in [-0.2, 0) is 14.3 Å². The van der Waals surface area contributed by atoms with Crippen molar-refractivity contribution in [2.45, 2.75) is 13.0 Å². The quantitative estimate of drug-likeness (QED) is 0.479. The molecule has 10 heteroatoms. The van der Waals surface area contributed by atoms with E-state index in [0.717, 1.165) is 13.2 Å². The van der Waals surface area contributed by atoms with Crippen LogP contribution in [0.15, 0.2) is 18.2 Å². The van der Waals surface area contributed by atoms with Crippen LogP contribution in [0.1, 0.15) is 17.3 Å². The van der Waals surface area contributed by atoms with E-state index in [0.29, 0.717) is 5.69 Å². The molecule has 0 aliphatic heterocycles. The van der Waals surface area contributed by atoms with E-state index >= 15 is 0 Å². The van der Waals surface area contributed by atoms with Crippen molar-refractivity contribution in [1.29, 1.82) is 0 Å². The summed E-state index contributed by atoms with van der Waals surface area (Å²) in [4.78, 5) is 46.5. The molecule has 0 unspecified atom stereocenters. The van der Waals surface area contributed by atoms with Gasteiger partial charge in [0, 0.05) is 20.2 Å². The third-order valence-corrected chi connectivity index (χ3v) is 2.95. The predicted octanol–water partition coefficient (Wildman–Crippen LogP) is 1.09. The Kier molecular flexibility index (Phi) is 6.22. The summed E-state index contributed by atoms with van der Waals surface area (Å²) < 4.78 is 9.13. The van der Waals surface area contributed by atoms with E-state index in [9.17, 15) is 24.5 Å². The molecule has 0 radical (unpaired) electrons. The Morgan fingerprint density at radius 2 is 1.92 bits per heavy atom. The molecule has 10 nitrogen and oxygen atoms in total. The second kappa shape index (κ2) is 7.90. The van der Waals surface area contributed by atoms with Crippen LogP contribution in [0.3, 0.4) is 0 Å². The number of nitro benzene ring substituents is 1. The molecular weight excluding hydrogens is 322 g/mol. The fourth-order valence-electron chi connectivity index (χ4n) is 1.71. The Balaban J connectivity index is 2.92. The Bertz CT molecular complexity index is 672. The lowest BCUT2D eigenvalue weighted by Gasteiger charge is -2.15. The highest BCUT2D eigenvalue weighted by Crippen LogP contribution is 2.28. The number of hydrogen-bond donors (Lipinski definition) is 1. The minimum absolute atomic E-state index is 0.0926. The third-order valence-electron chi connectivity index (χ3n) is 2.95. The molecule has 1 aromatic rings. The second-order valence-electron chi connectivity index (χ2n) is 4.88. The standard InChI is InChI=1S/C14H17N3O7/c1-8(12(18)15-14(20)23-4)24-13(19)9-5-6-10(16(2)3)11(7-9)17(21)22/h5-8H,1-4H3,(H,15,18,20)/t8-/m1/s1. The number of imide groups is 1. The van der Waals surface area contributed by atoms with E-state index in [1.165, 1.54) is 24.0 Å². The number of nitrogens with one attached hydrogen (secondary N) is 1. The molecule has 1 rings (SSSR count). The molecule has 1 N–H and O–H groups in total. The Hall–Kier alpha value is -3.17. The first kappa shape index (κ1) is 18.9. The van der Waals surface area contributed by atoms with E-state index in [1.807, 2.05) is 5.32 Å². The van der Waals surface area contributed by atoms with E-state index in [1.54, 1.807) is 14.1 Å². The van der Waals surface area contributed by atoms with Gasteiger partial charge in [0.2, 0.25) is 0 Å². The highest BCUT2D eigenvalue weighted by molar-refractivity contribution is 5.97. The SMILES string of the molecule is COC(=O)NC(=O)[C@@H](C)OC(=O)c1ccc(N(C)C)c([N+](=O)[O-])c1. The summed E-state index contributed by atoms with van der Waals surface area (Å²) in [5.41, 5.74) is -0.0563. The van der Waals surface area contributed by atoms with E-state index in [4.69, 9.17) is 4.74 Å². The average molecular weight is 339 g/mol. The molecule has 0 aliphatic rings. The Morgan fingerprint density at radius 3 is 2.42 bits per heavy atom. The van der Waals surface area contributed by atoms with Gasteiger partial charge in [0.15, 0.2) is 6.10 Å². The normalized spacial score (nSPS) is 11.2. The van der Waals surface area contributed by atoms with Gasteiger partial charge in [0.1, 0.15) is 5.69 Å². The van der Waals surface area contributed by atoms with Gasteiger partial charge in [-0.25, -0.2) is 9.59 Å². The summed E-state index contributed by atoms with van der Waals surface area (Å²) in [5.74, 6) is -1.81. The van der Waals surface area contributed by atoms with E-state index in [2.05, 4.69) is 4.74 Å². The van der Waals surface area contributed by atoms with E-state index < -0.39 is 29.0 Å². The number of hydrogen-bond acceptors (Lipinski definition) is 8. The number of anilines is 1. The maximum atomic E-state index is 12.0. The lowest BCUT2D eigenvalue weighted by molar-refractivity contribution is -0.384. The molecule has 0 saturated heterocycles. The maximum absolute atomic E-state index is 12.0. The van der Waals surface area contributed by atoms with Crippen LogP contribution in [0.2, 0.25) is 0 Å². The topological polar surface area (TPSA) is 128 Å². The molecular formula is C14H17N3O7. The van der Waals surface area contributed by atoms with Crippen LogP contribution in [0.5, 0.6) is 0 Å². The van der Waals surface area contributed by atoms with Gasteiger partial charge in [-0.2, -0.15) is 0 Å². The van der Waals surface area contributed by atoms with Crippen LogP contribution in [0, 0.1) is 10.1 Å². The predicted molar refractivity (Wildman–Crippen MR) is 82.8 cm³/mol. The molecule has 1 atom stereocenters. The van der Waals surface area contributed by atoms with Crippen molar-refractivity contribution in [1.82, 2.24) is 5.32 Å². The van der Waals surface area contributed by atoms with Gasteiger partial charge < -0.3 is 14.4 Å². The molecule has 2 amide bonds. The van der Waals surface area contributed by atoms with Gasteiger partial charge in [0.25, 0.3) is 11.6 Å². The zero-order valence-electron chi connectivity index (χ0n) is 13.6. The van der Waals surface area contributed by atoms with Crippen LogP contribution >= 0.6 is 0 Å². The average Bonchev–Trinajstić information content (AvgIpc) is 2.53. The lowest BCUT2D eigenvalue weighted by Crippen LogP contribution is -2.39. The number of esters is 1. The first-order valence-electron chi connectivity index (χ1n) is 6.73. The molecule has 0 aliphatic carbocycles. The first-order valence-corrected chi connectivity index (χ1v) is 6.73. The third kappa shape index (κ3) is 4.66. The van der Waals surface area contributed by atoms with Gasteiger partial charge in [-0.3, -0.25) is 20.2 Å². The first-order chi connectivity index (χ1) is 11.2. The highest BCUT2D eigenvalue weighted by Gasteiger charge is 2.24. The Morgan fingerprint density at radius 1 is 1.29 bits per heavy atom. The van der Waals surface area contributed by atoms with Crippen LogP contribution in [0.4, 0.5) is 16.2 Å². The molecule has 0 spiro atoms. The number of ether oxygens (including phenoxy) is 2. The molecule has 0 heterocycles. The van der Waals surface area contributed by atoms with Crippen molar-refractivity contribution in [3.8, 4) is 0 Å². The summed E-state index contributed by atoms with van der Waals surface area (Å²) in [7, 11) is 4.32. The number of amides is 2. The minimum Gasteiger partial charge on any atom is -0.453 e. The molecule has 24 heavy (non-hydrogen) atoms. The van der Waals surface area contributed by atoms with Crippen LogP contribution < -0.4 is 10.2 Å². The fourth-order valence-corrected chi connectivity index (χ4v) is 1.71. The molecule has 0 aromatic heterocycles. The van der Waals surface area contributed by atoms with Crippen molar-refractivity contribution in [3.05, 3.63) is 33.9 Å². The van der Waals surface area contributed by atoms with Crippen molar-refractivity contribution >= 4 is 29.3 Å². The van der Waals surface area contributed by atoms with Gasteiger partial charge >= 0.3 is 12.1 Å². The summed E-state index contributed by atoms with van der Waals surface area (Å²) in [6, 6.07) is 3.80. The molecule has 130 valence electrons. The molecule has 0 bridgehead atoms. The van der Waals surface area contributed by atoms with Gasteiger partial charge in [-0.05, 0) is 19.1 Å². The van der Waals surface area contributed by atoms with Crippen LogP contribution in [0.25, 0.3) is 0 Å². The van der Waals surface area contributed by atoms with Gasteiger partial charge in [-0.15, -0.1) is 0 Å². The Labute approximate surface area is 137 Å². The number of rotatable bonds is 5. The summed E-state index contributed by atoms with van der Waals surface area (Å²) >= 11 is 0.